The van der Waals surface area contributed by atoms with Crippen molar-refractivity contribution in [1.29, 1.82) is 5.26 Å². The quantitative estimate of drug-likeness (QED) is 0.897. The fourth-order valence-electron chi connectivity index (χ4n) is 2.37. The van der Waals surface area contributed by atoms with E-state index in [-0.39, 0.29) is 11.8 Å². The van der Waals surface area contributed by atoms with Gasteiger partial charge in [0, 0.05) is 12.2 Å². The van der Waals surface area contributed by atoms with Crippen LogP contribution in [-0.4, -0.2) is 30.9 Å². The van der Waals surface area contributed by atoms with Crippen LogP contribution in [0.3, 0.4) is 0 Å². The fourth-order valence-corrected chi connectivity index (χ4v) is 2.37. The number of rotatable bonds is 5. The maximum atomic E-state index is 12.0. The molecule has 0 aromatic heterocycles. The Bertz CT molecular complexity index is 508. The number of aryl methyl sites for hydroxylation is 3. The van der Waals surface area contributed by atoms with Gasteiger partial charge in [-0.1, -0.05) is 17.7 Å². The molecule has 1 rings (SSSR count). The van der Waals surface area contributed by atoms with Gasteiger partial charge in [-0.15, -0.1) is 0 Å². The number of nitrogens with zero attached hydrogens (tertiary/aromatic N) is 2. The molecule has 1 atom stereocenters. The van der Waals surface area contributed by atoms with Crippen LogP contribution >= 0.6 is 0 Å². The molecule has 4 nitrogen and oxygen atoms in total. The topological polar surface area (TPSA) is 56.1 Å². The maximum absolute atomic E-state index is 12.0. The average molecular weight is 273 g/mol. The number of nitriles is 1. The second kappa shape index (κ2) is 7.06. The summed E-state index contributed by atoms with van der Waals surface area (Å²) in [5.41, 5.74) is 4.23. The molecule has 0 bridgehead atoms. The predicted octanol–water partition coefficient (Wildman–Crippen LogP) is 2.64. The second-order valence-corrected chi connectivity index (χ2v) is 5.55. The van der Waals surface area contributed by atoms with Crippen LogP contribution < -0.4 is 5.32 Å². The first-order valence-electron chi connectivity index (χ1n) is 6.79. The summed E-state index contributed by atoms with van der Waals surface area (Å²) >= 11 is 0. The molecule has 1 N–H and O–H groups in total. The molecule has 0 fully saturated rings. The summed E-state index contributed by atoms with van der Waals surface area (Å²) < 4.78 is 0. The first-order valence-corrected chi connectivity index (χ1v) is 6.79. The zero-order valence-electron chi connectivity index (χ0n) is 12.9. The van der Waals surface area contributed by atoms with E-state index >= 15 is 0 Å². The molecule has 0 saturated carbocycles. The normalized spacial score (nSPS) is 12.1. The van der Waals surface area contributed by atoms with Crippen LogP contribution in [0.4, 0.5) is 5.69 Å². The zero-order chi connectivity index (χ0) is 15.3. The predicted molar refractivity (Wildman–Crippen MR) is 81.6 cm³/mol. The van der Waals surface area contributed by atoms with Crippen molar-refractivity contribution < 1.29 is 4.79 Å². The van der Waals surface area contributed by atoms with E-state index in [4.69, 9.17) is 5.26 Å². The van der Waals surface area contributed by atoms with E-state index in [1.807, 2.05) is 39.6 Å². The fraction of sp³-hybridized carbons (Fsp3) is 0.500. The highest BCUT2D eigenvalue weighted by molar-refractivity contribution is 5.93. The number of amides is 1. The van der Waals surface area contributed by atoms with Crippen molar-refractivity contribution in [2.75, 3.05) is 25.5 Å². The first-order chi connectivity index (χ1) is 9.33. The number of nitrogens with one attached hydrogen (secondary N) is 1. The number of carbonyl (C=O) groups excluding carboxylic acids is 1. The minimum Gasteiger partial charge on any atom is -0.324 e. The van der Waals surface area contributed by atoms with Crippen LogP contribution in [0.15, 0.2) is 12.1 Å². The minimum absolute atomic E-state index is 0.0484. The molecular formula is C16H23N3O. The largest absolute Gasteiger partial charge is 0.324 e. The second-order valence-electron chi connectivity index (χ2n) is 5.55. The van der Waals surface area contributed by atoms with Crippen LogP contribution in [0.25, 0.3) is 0 Å². The van der Waals surface area contributed by atoms with Gasteiger partial charge in [-0.2, -0.15) is 5.26 Å². The standard InChI is InChI=1S/C16H23N3O/c1-11-6-13(3)16(14(4)7-11)18-15(20)10-19(5)9-12(2)8-17/h6-7,12H,9-10H2,1-5H3,(H,18,20)/t12-/m0/s1. The lowest BCUT2D eigenvalue weighted by Gasteiger charge is -2.18. The van der Waals surface area contributed by atoms with Gasteiger partial charge in [-0.25, -0.2) is 0 Å². The lowest BCUT2D eigenvalue weighted by molar-refractivity contribution is -0.117. The molecule has 4 heteroatoms. The molecule has 0 spiro atoms. The Morgan fingerprint density at radius 3 is 2.40 bits per heavy atom. The van der Waals surface area contributed by atoms with Crippen molar-refractivity contribution in [3.05, 3.63) is 28.8 Å². The molecule has 1 amide bonds. The van der Waals surface area contributed by atoms with Crippen molar-refractivity contribution in [1.82, 2.24) is 4.90 Å². The van der Waals surface area contributed by atoms with Crippen LogP contribution in [-0.2, 0) is 4.79 Å². The summed E-state index contributed by atoms with van der Waals surface area (Å²) in [4.78, 5) is 13.9. The Morgan fingerprint density at radius 2 is 1.90 bits per heavy atom. The summed E-state index contributed by atoms with van der Waals surface area (Å²) in [5, 5.41) is 11.7. The van der Waals surface area contributed by atoms with Gasteiger partial charge in [0.15, 0.2) is 0 Å². The molecule has 0 heterocycles. The summed E-state index contributed by atoms with van der Waals surface area (Å²) in [6.07, 6.45) is 0. The van der Waals surface area contributed by atoms with Crippen molar-refractivity contribution in [2.45, 2.75) is 27.7 Å². The van der Waals surface area contributed by atoms with Gasteiger partial charge in [-0.05, 0) is 45.9 Å². The Labute approximate surface area is 121 Å². The molecule has 108 valence electrons. The van der Waals surface area contributed by atoms with Crippen molar-refractivity contribution >= 4 is 11.6 Å². The molecule has 1 aromatic rings. The van der Waals surface area contributed by atoms with Gasteiger partial charge in [0.1, 0.15) is 0 Å². The van der Waals surface area contributed by atoms with Crippen LogP contribution in [0, 0.1) is 38.0 Å². The maximum Gasteiger partial charge on any atom is 0.238 e. The van der Waals surface area contributed by atoms with E-state index in [0.29, 0.717) is 13.1 Å². The Morgan fingerprint density at radius 1 is 1.35 bits per heavy atom. The number of carbonyl (C=O) groups is 1. The Kier molecular flexibility index (Phi) is 5.72. The lowest BCUT2D eigenvalue weighted by Crippen LogP contribution is -2.33. The molecule has 0 unspecified atom stereocenters. The molecule has 0 aliphatic rings. The van der Waals surface area contributed by atoms with E-state index in [1.54, 1.807) is 0 Å². The van der Waals surface area contributed by atoms with E-state index in [2.05, 4.69) is 23.5 Å². The Balaban J connectivity index is 2.66. The highest BCUT2D eigenvalue weighted by Gasteiger charge is 2.12. The average Bonchev–Trinajstić information content (AvgIpc) is 2.33. The molecule has 0 aliphatic carbocycles. The van der Waals surface area contributed by atoms with E-state index in [0.717, 1.165) is 16.8 Å². The molecule has 0 radical (unpaired) electrons. The van der Waals surface area contributed by atoms with Gasteiger partial charge < -0.3 is 5.32 Å². The highest BCUT2D eigenvalue weighted by atomic mass is 16.2. The number of likely N-dealkylation sites (N-methyl/N-ethyl adjacent to an activating group) is 1. The SMILES string of the molecule is Cc1cc(C)c(NC(=O)CN(C)C[C@@H](C)C#N)c(C)c1. The van der Waals surface area contributed by atoms with E-state index in [1.165, 1.54) is 5.56 Å². The van der Waals surface area contributed by atoms with Gasteiger partial charge in [0.25, 0.3) is 0 Å². The summed E-state index contributed by atoms with van der Waals surface area (Å²) in [6, 6.07) is 6.29. The van der Waals surface area contributed by atoms with Crippen LogP contribution in [0.2, 0.25) is 0 Å². The van der Waals surface area contributed by atoms with Crippen molar-refractivity contribution in [2.24, 2.45) is 5.92 Å². The van der Waals surface area contributed by atoms with Crippen LogP contribution in [0.1, 0.15) is 23.6 Å². The van der Waals surface area contributed by atoms with Crippen LogP contribution in [0.5, 0.6) is 0 Å². The van der Waals surface area contributed by atoms with Gasteiger partial charge >= 0.3 is 0 Å². The summed E-state index contributed by atoms with van der Waals surface area (Å²) in [7, 11) is 1.85. The third kappa shape index (κ3) is 4.67. The minimum atomic E-state index is -0.0735. The van der Waals surface area contributed by atoms with E-state index < -0.39 is 0 Å². The van der Waals surface area contributed by atoms with Crippen molar-refractivity contribution in [3.63, 3.8) is 0 Å². The number of anilines is 1. The van der Waals surface area contributed by atoms with E-state index in [9.17, 15) is 4.79 Å². The number of hydrogen-bond donors (Lipinski definition) is 1. The third-order valence-electron chi connectivity index (χ3n) is 3.16. The number of hydrogen-bond acceptors (Lipinski definition) is 3. The molecule has 0 aliphatic heterocycles. The number of benzene rings is 1. The highest BCUT2D eigenvalue weighted by Crippen LogP contribution is 2.21. The molecule has 1 aromatic carbocycles. The zero-order valence-corrected chi connectivity index (χ0v) is 12.9. The van der Waals surface area contributed by atoms with Gasteiger partial charge in [0.05, 0.1) is 18.5 Å². The Hall–Kier alpha value is -1.86. The monoisotopic (exact) mass is 273 g/mol. The van der Waals surface area contributed by atoms with Gasteiger partial charge in [-0.3, -0.25) is 9.69 Å². The van der Waals surface area contributed by atoms with Gasteiger partial charge in [0.2, 0.25) is 5.91 Å². The van der Waals surface area contributed by atoms with Crippen molar-refractivity contribution in [3.8, 4) is 6.07 Å². The summed E-state index contributed by atoms with van der Waals surface area (Å²) in [5.74, 6) is -0.122. The lowest BCUT2D eigenvalue weighted by atomic mass is 10.1. The molecule has 20 heavy (non-hydrogen) atoms. The smallest absolute Gasteiger partial charge is 0.238 e. The third-order valence-corrected chi connectivity index (χ3v) is 3.16. The first kappa shape index (κ1) is 16.2. The molecule has 0 saturated heterocycles. The summed E-state index contributed by atoms with van der Waals surface area (Å²) in [6.45, 7) is 8.77. The molecular weight excluding hydrogens is 250 g/mol.